The predicted molar refractivity (Wildman–Crippen MR) is 121 cm³/mol. The van der Waals surface area contributed by atoms with E-state index >= 15 is 0 Å². The highest BCUT2D eigenvalue weighted by Crippen LogP contribution is 2.32. The summed E-state index contributed by atoms with van der Waals surface area (Å²) >= 11 is 0. The Hall–Kier alpha value is -3.94. The van der Waals surface area contributed by atoms with Crippen molar-refractivity contribution in [3.8, 4) is 0 Å². The van der Waals surface area contributed by atoms with Crippen molar-refractivity contribution >= 4 is 27.6 Å². The molecule has 10 nitrogen and oxygen atoms in total. The van der Waals surface area contributed by atoms with Gasteiger partial charge in [-0.05, 0) is 30.7 Å². The first-order valence-corrected chi connectivity index (χ1v) is 11.7. The zero-order chi connectivity index (χ0) is 25.8. The molecule has 0 radical (unpaired) electrons. The highest BCUT2D eigenvalue weighted by Gasteiger charge is 2.34. The SMILES string of the molecule is Cc1ccc(NS(=O)(=O)Cc2ccccc2C(F)(F)F)c(=O)n1CC(=O)NCc1cnc(N)nc1. The maximum absolute atomic E-state index is 13.2. The second-order valence-corrected chi connectivity index (χ2v) is 9.24. The minimum atomic E-state index is -4.74. The number of aryl methyl sites for hydroxylation is 1. The summed E-state index contributed by atoms with van der Waals surface area (Å²) in [4.78, 5) is 32.8. The molecule has 0 saturated carbocycles. The second-order valence-electron chi connectivity index (χ2n) is 7.52. The fourth-order valence-corrected chi connectivity index (χ4v) is 4.36. The van der Waals surface area contributed by atoms with Crippen molar-refractivity contribution in [3.05, 3.63) is 81.5 Å². The minimum absolute atomic E-state index is 0.0673. The van der Waals surface area contributed by atoms with Crippen molar-refractivity contribution in [1.82, 2.24) is 19.9 Å². The van der Waals surface area contributed by atoms with E-state index in [-0.39, 0.29) is 12.5 Å². The van der Waals surface area contributed by atoms with Crippen LogP contribution in [0.15, 0.2) is 53.6 Å². The van der Waals surface area contributed by atoms with Gasteiger partial charge in [0.25, 0.3) is 5.56 Å². The number of aromatic nitrogens is 3. The van der Waals surface area contributed by atoms with Crippen molar-refractivity contribution in [2.45, 2.75) is 31.9 Å². The predicted octanol–water partition coefficient (Wildman–Crippen LogP) is 1.81. The lowest BCUT2D eigenvalue weighted by Crippen LogP contribution is -2.34. The number of sulfonamides is 1. The number of amides is 1. The average Bonchev–Trinajstić information content (AvgIpc) is 2.77. The van der Waals surface area contributed by atoms with E-state index in [1.165, 1.54) is 30.6 Å². The lowest BCUT2D eigenvalue weighted by Gasteiger charge is -2.15. The number of hydrogen-bond donors (Lipinski definition) is 3. The van der Waals surface area contributed by atoms with Crippen LogP contribution in [0.2, 0.25) is 0 Å². The van der Waals surface area contributed by atoms with Crippen LogP contribution in [0.25, 0.3) is 0 Å². The van der Waals surface area contributed by atoms with Gasteiger partial charge in [0.2, 0.25) is 21.9 Å². The molecule has 35 heavy (non-hydrogen) atoms. The number of alkyl halides is 3. The molecule has 0 spiro atoms. The number of hydrogen-bond acceptors (Lipinski definition) is 7. The Morgan fingerprint density at radius 3 is 2.43 bits per heavy atom. The van der Waals surface area contributed by atoms with Crippen LogP contribution in [0.5, 0.6) is 0 Å². The fourth-order valence-electron chi connectivity index (χ4n) is 3.13. The van der Waals surface area contributed by atoms with Crippen LogP contribution in [0.1, 0.15) is 22.4 Å². The van der Waals surface area contributed by atoms with Crippen LogP contribution in [0, 0.1) is 6.92 Å². The second kappa shape index (κ2) is 10.1. The third-order valence-corrected chi connectivity index (χ3v) is 6.06. The molecule has 3 rings (SSSR count). The van der Waals surface area contributed by atoms with Gasteiger partial charge < -0.3 is 15.6 Å². The van der Waals surface area contributed by atoms with Crippen molar-refractivity contribution in [2.75, 3.05) is 10.5 Å². The van der Waals surface area contributed by atoms with Gasteiger partial charge in [0.1, 0.15) is 12.2 Å². The Balaban J connectivity index is 1.75. The van der Waals surface area contributed by atoms with E-state index in [1.54, 1.807) is 6.92 Å². The molecule has 186 valence electrons. The molecular weight excluding hydrogens is 489 g/mol. The number of nitrogens with one attached hydrogen (secondary N) is 2. The lowest BCUT2D eigenvalue weighted by molar-refractivity contribution is -0.138. The van der Waals surface area contributed by atoms with Crippen molar-refractivity contribution in [3.63, 3.8) is 0 Å². The molecule has 2 aromatic heterocycles. The molecule has 0 unspecified atom stereocenters. The molecule has 1 amide bonds. The summed E-state index contributed by atoms with van der Waals surface area (Å²) in [5.74, 6) is -1.48. The number of nitrogens with two attached hydrogens (primary N) is 1. The van der Waals surface area contributed by atoms with Gasteiger partial charge in [0, 0.05) is 30.2 Å². The van der Waals surface area contributed by atoms with Gasteiger partial charge >= 0.3 is 6.18 Å². The largest absolute Gasteiger partial charge is 0.416 e. The average molecular weight is 510 g/mol. The van der Waals surface area contributed by atoms with Crippen molar-refractivity contribution in [2.24, 2.45) is 0 Å². The third-order valence-electron chi connectivity index (χ3n) is 4.84. The van der Waals surface area contributed by atoms with E-state index in [9.17, 15) is 31.2 Å². The van der Waals surface area contributed by atoms with E-state index in [1.807, 2.05) is 4.72 Å². The maximum Gasteiger partial charge on any atom is 0.416 e. The Labute approximate surface area is 198 Å². The Morgan fingerprint density at radius 1 is 1.11 bits per heavy atom. The topological polar surface area (TPSA) is 149 Å². The van der Waals surface area contributed by atoms with Crippen molar-refractivity contribution in [1.29, 1.82) is 0 Å². The van der Waals surface area contributed by atoms with Gasteiger partial charge in [-0.1, -0.05) is 18.2 Å². The Kier molecular flexibility index (Phi) is 7.43. The minimum Gasteiger partial charge on any atom is -0.368 e. The normalized spacial score (nSPS) is 11.8. The number of pyridine rings is 1. The van der Waals surface area contributed by atoms with Gasteiger partial charge in [0.05, 0.1) is 11.3 Å². The summed E-state index contributed by atoms with van der Waals surface area (Å²) in [6.07, 6.45) is -1.90. The quantitative estimate of drug-likeness (QED) is 0.418. The van der Waals surface area contributed by atoms with Gasteiger partial charge in [0.15, 0.2) is 0 Å². The number of anilines is 2. The number of halogens is 3. The number of carbonyl (C=O) groups is 1. The molecule has 0 saturated heterocycles. The van der Waals surface area contributed by atoms with E-state index in [0.717, 1.165) is 22.8 Å². The highest BCUT2D eigenvalue weighted by atomic mass is 32.2. The Morgan fingerprint density at radius 2 is 1.77 bits per heavy atom. The van der Waals surface area contributed by atoms with E-state index in [0.29, 0.717) is 11.3 Å². The number of carbonyl (C=O) groups excluding carboxylic acids is 1. The number of nitrogens with zero attached hydrogens (tertiary/aromatic N) is 3. The number of nitrogen functional groups attached to an aromatic ring is 1. The van der Waals surface area contributed by atoms with Crippen LogP contribution >= 0.6 is 0 Å². The summed E-state index contributed by atoms with van der Waals surface area (Å²) in [5, 5.41) is 2.58. The third kappa shape index (κ3) is 6.79. The highest BCUT2D eigenvalue weighted by molar-refractivity contribution is 7.91. The molecule has 1 aromatic carbocycles. The number of benzene rings is 1. The molecule has 0 aliphatic heterocycles. The summed E-state index contributed by atoms with van der Waals surface area (Å²) in [6.45, 7) is 1.19. The summed E-state index contributed by atoms with van der Waals surface area (Å²) in [6, 6.07) is 6.85. The van der Waals surface area contributed by atoms with Gasteiger partial charge in [-0.3, -0.25) is 14.3 Å². The molecule has 0 atom stereocenters. The molecule has 0 aliphatic rings. The van der Waals surface area contributed by atoms with Gasteiger partial charge in [-0.2, -0.15) is 13.2 Å². The maximum atomic E-state index is 13.2. The van der Waals surface area contributed by atoms with Gasteiger partial charge in [-0.25, -0.2) is 18.4 Å². The van der Waals surface area contributed by atoms with Crippen molar-refractivity contribution < 1.29 is 26.4 Å². The molecule has 3 aromatic rings. The molecule has 0 bridgehead atoms. The first-order valence-electron chi connectivity index (χ1n) is 10.0. The first kappa shape index (κ1) is 25.7. The Bertz CT molecular complexity index is 1390. The van der Waals surface area contributed by atoms with E-state index in [4.69, 9.17) is 5.73 Å². The summed E-state index contributed by atoms with van der Waals surface area (Å²) in [5.41, 5.74) is 3.55. The molecule has 0 fully saturated rings. The zero-order valence-electron chi connectivity index (χ0n) is 18.3. The zero-order valence-corrected chi connectivity index (χ0v) is 19.2. The van der Waals surface area contributed by atoms with Crippen LogP contribution in [-0.2, 0) is 39.8 Å². The molecular formula is C21H21F3N6O4S. The fraction of sp³-hybridized carbons (Fsp3) is 0.238. The van der Waals surface area contributed by atoms with Crippen LogP contribution in [-0.4, -0.2) is 28.9 Å². The molecule has 14 heteroatoms. The van der Waals surface area contributed by atoms with Gasteiger partial charge in [-0.15, -0.1) is 0 Å². The standard InChI is InChI=1S/C21H21F3N6O4S/c1-13-6-7-17(29-35(33,34)12-15-4-2-3-5-16(15)21(22,23)24)19(32)30(13)11-18(31)26-8-14-9-27-20(25)28-10-14/h2-7,9-10,29H,8,11-12H2,1H3,(H,26,31)(H2,25,27,28). The number of rotatable bonds is 8. The first-order chi connectivity index (χ1) is 16.4. The smallest absolute Gasteiger partial charge is 0.368 e. The molecule has 0 aliphatic carbocycles. The lowest BCUT2D eigenvalue weighted by atomic mass is 10.1. The monoisotopic (exact) mass is 510 g/mol. The summed E-state index contributed by atoms with van der Waals surface area (Å²) in [7, 11) is -4.39. The van der Waals surface area contributed by atoms with Crippen LogP contribution in [0.4, 0.5) is 24.8 Å². The van der Waals surface area contributed by atoms with E-state index in [2.05, 4.69) is 15.3 Å². The van der Waals surface area contributed by atoms with E-state index < -0.39 is 56.8 Å². The molecule has 4 N–H and O–H groups in total. The van der Waals surface area contributed by atoms with Crippen LogP contribution < -0.4 is 21.3 Å². The van der Waals surface area contributed by atoms with Crippen LogP contribution in [0.3, 0.4) is 0 Å². The summed E-state index contributed by atoms with van der Waals surface area (Å²) < 4.78 is 67.8. The molecule has 2 heterocycles.